The minimum Gasteiger partial charge on any atom is -0.327 e. The van der Waals surface area contributed by atoms with E-state index in [9.17, 15) is 9.59 Å². The van der Waals surface area contributed by atoms with Crippen LogP contribution >= 0.6 is 11.3 Å². The molecule has 0 saturated carbocycles. The predicted molar refractivity (Wildman–Crippen MR) is 143 cm³/mol. The lowest BCUT2D eigenvalue weighted by molar-refractivity contribution is -0.146. The molecule has 0 aliphatic carbocycles. The standard InChI is InChI=1S/C27H32N6O2S/c1-17-5-7-22(19-6-8-23-21(13-19)30-26(36-23)18(2)16-31(3)4)33(15-17)27(35)25(34)29-20-9-11-32-12-10-28-24(32)14-20/h6,8-14,17-18,22H,5,7,15-16H2,1-4H3,(H,29,34)/t17-,18-,22+/m0/s1. The van der Waals surface area contributed by atoms with Crippen molar-refractivity contribution in [2.75, 3.05) is 32.5 Å². The second-order valence-electron chi connectivity index (χ2n) is 10.2. The molecule has 1 aromatic carbocycles. The smallest absolute Gasteiger partial charge is 0.313 e. The van der Waals surface area contributed by atoms with E-state index in [-0.39, 0.29) is 6.04 Å². The Labute approximate surface area is 214 Å². The van der Waals surface area contributed by atoms with E-state index in [2.05, 4.69) is 61.3 Å². The van der Waals surface area contributed by atoms with Crippen molar-refractivity contribution in [3.8, 4) is 0 Å². The Kier molecular flexibility index (Phi) is 6.77. The molecule has 0 bridgehead atoms. The van der Waals surface area contributed by atoms with Crippen molar-refractivity contribution >= 4 is 44.7 Å². The number of imidazole rings is 1. The molecule has 1 aliphatic heterocycles. The maximum absolute atomic E-state index is 13.4. The summed E-state index contributed by atoms with van der Waals surface area (Å²) in [4.78, 5) is 39.5. The maximum atomic E-state index is 13.4. The number of fused-ring (bicyclic) bond motifs is 2. The average Bonchev–Trinajstić information content (AvgIpc) is 3.49. The van der Waals surface area contributed by atoms with Crippen LogP contribution in [0.5, 0.6) is 0 Å². The number of aromatic nitrogens is 3. The van der Waals surface area contributed by atoms with E-state index in [4.69, 9.17) is 4.98 Å². The number of hydrogen-bond donors (Lipinski definition) is 1. The number of thiazole rings is 1. The lowest BCUT2D eigenvalue weighted by atomic mass is 9.89. The van der Waals surface area contributed by atoms with Crippen LogP contribution in [0.15, 0.2) is 48.9 Å². The van der Waals surface area contributed by atoms with E-state index in [1.165, 1.54) is 0 Å². The molecule has 3 atom stereocenters. The van der Waals surface area contributed by atoms with Crippen LogP contribution < -0.4 is 5.32 Å². The summed E-state index contributed by atoms with van der Waals surface area (Å²) in [5.41, 5.74) is 3.26. The summed E-state index contributed by atoms with van der Waals surface area (Å²) in [6.45, 7) is 5.82. The van der Waals surface area contributed by atoms with Gasteiger partial charge in [-0.15, -0.1) is 11.3 Å². The van der Waals surface area contributed by atoms with Gasteiger partial charge < -0.3 is 19.5 Å². The highest BCUT2D eigenvalue weighted by molar-refractivity contribution is 7.18. The lowest BCUT2D eigenvalue weighted by Crippen LogP contribution is -2.46. The van der Waals surface area contributed by atoms with Crippen molar-refractivity contribution in [3.05, 3.63) is 59.5 Å². The summed E-state index contributed by atoms with van der Waals surface area (Å²) < 4.78 is 3.00. The van der Waals surface area contributed by atoms with E-state index in [1.807, 2.05) is 16.8 Å². The first kappa shape index (κ1) is 24.4. The van der Waals surface area contributed by atoms with Crippen LogP contribution in [0.4, 0.5) is 5.69 Å². The van der Waals surface area contributed by atoms with Crippen LogP contribution in [0.3, 0.4) is 0 Å². The third-order valence-corrected chi connectivity index (χ3v) is 8.07. The minimum absolute atomic E-state index is 0.150. The molecule has 4 heterocycles. The lowest BCUT2D eigenvalue weighted by Gasteiger charge is -2.38. The average molecular weight is 505 g/mol. The molecule has 8 nitrogen and oxygen atoms in total. The number of carbonyl (C=O) groups excluding carboxylic acids is 2. The predicted octanol–water partition coefficient (Wildman–Crippen LogP) is 4.55. The van der Waals surface area contributed by atoms with Crippen molar-refractivity contribution in [1.82, 2.24) is 24.2 Å². The van der Waals surface area contributed by atoms with E-state index in [0.29, 0.717) is 29.7 Å². The highest BCUT2D eigenvalue weighted by Gasteiger charge is 2.34. The summed E-state index contributed by atoms with van der Waals surface area (Å²) in [5, 5.41) is 3.89. The summed E-state index contributed by atoms with van der Waals surface area (Å²) in [6.07, 6.45) is 7.16. The molecule has 9 heteroatoms. The molecule has 0 spiro atoms. The first-order valence-electron chi connectivity index (χ1n) is 12.4. The largest absolute Gasteiger partial charge is 0.327 e. The topological polar surface area (TPSA) is 82.8 Å². The van der Waals surface area contributed by atoms with Crippen molar-refractivity contribution in [1.29, 1.82) is 0 Å². The van der Waals surface area contributed by atoms with Crippen LogP contribution in [-0.2, 0) is 9.59 Å². The van der Waals surface area contributed by atoms with Crippen LogP contribution in [0, 0.1) is 5.92 Å². The van der Waals surface area contributed by atoms with E-state index < -0.39 is 11.8 Å². The van der Waals surface area contributed by atoms with Gasteiger partial charge in [0.2, 0.25) is 0 Å². The minimum atomic E-state index is -0.625. The zero-order chi connectivity index (χ0) is 25.4. The molecule has 1 N–H and O–H groups in total. The first-order valence-corrected chi connectivity index (χ1v) is 13.2. The van der Waals surface area contributed by atoms with Crippen molar-refractivity contribution in [3.63, 3.8) is 0 Å². The van der Waals surface area contributed by atoms with E-state index in [0.717, 1.165) is 40.2 Å². The van der Waals surface area contributed by atoms with Gasteiger partial charge in [-0.2, -0.15) is 0 Å². The molecule has 5 rings (SSSR count). The second kappa shape index (κ2) is 9.99. The zero-order valence-corrected chi connectivity index (χ0v) is 22.0. The summed E-state index contributed by atoms with van der Waals surface area (Å²) >= 11 is 1.73. The Balaban J connectivity index is 1.37. The van der Waals surface area contributed by atoms with Crippen LogP contribution in [0.1, 0.15) is 49.2 Å². The molecule has 1 fully saturated rings. The Bertz CT molecular complexity index is 1410. The van der Waals surface area contributed by atoms with Crippen molar-refractivity contribution < 1.29 is 9.59 Å². The molecule has 188 valence electrons. The number of benzene rings is 1. The van der Waals surface area contributed by atoms with Gasteiger partial charge in [0, 0.05) is 49.4 Å². The maximum Gasteiger partial charge on any atom is 0.313 e. The molecular weight excluding hydrogens is 472 g/mol. The quantitative estimate of drug-likeness (QED) is 0.403. The highest BCUT2D eigenvalue weighted by atomic mass is 32.1. The summed E-state index contributed by atoms with van der Waals surface area (Å²) in [7, 11) is 4.15. The van der Waals surface area contributed by atoms with Gasteiger partial charge in [-0.3, -0.25) is 9.59 Å². The van der Waals surface area contributed by atoms with Gasteiger partial charge in [-0.05, 0) is 56.6 Å². The van der Waals surface area contributed by atoms with Gasteiger partial charge in [-0.1, -0.05) is 19.9 Å². The summed E-state index contributed by atoms with van der Waals surface area (Å²) in [6, 6.07) is 9.67. The fraction of sp³-hybridized carbons (Fsp3) is 0.407. The van der Waals surface area contributed by atoms with Gasteiger partial charge in [0.25, 0.3) is 0 Å². The fourth-order valence-electron chi connectivity index (χ4n) is 5.03. The number of nitrogens with one attached hydrogen (secondary N) is 1. The van der Waals surface area contributed by atoms with E-state index in [1.54, 1.807) is 34.6 Å². The van der Waals surface area contributed by atoms with Gasteiger partial charge >= 0.3 is 11.8 Å². The van der Waals surface area contributed by atoms with Gasteiger partial charge in [-0.25, -0.2) is 9.97 Å². The third-order valence-electron chi connectivity index (χ3n) is 6.80. The fourth-order valence-corrected chi connectivity index (χ4v) is 6.02. The van der Waals surface area contributed by atoms with Gasteiger partial charge in [0.15, 0.2) is 0 Å². The molecule has 0 radical (unpaired) electrons. The van der Waals surface area contributed by atoms with Crippen LogP contribution in [-0.4, -0.2) is 63.2 Å². The molecule has 1 saturated heterocycles. The number of rotatable bonds is 5. The Morgan fingerprint density at radius 2 is 2.03 bits per heavy atom. The number of piperidine rings is 1. The number of hydrogen-bond acceptors (Lipinski definition) is 6. The molecule has 2 amide bonds. The number of pyridine rings is 1. The normalized spacial score (nSPS) is 19.2. The number of likely N-dealkylation sites (N-methyl/N-ethyl adjacent to an activating group) is 1. The van der Waals surface area contributed by atoms with Gasteiger partial charge in [0.1, 0.15) is 5.65 Å². The monoisotopic (exact) mass is 504 g/mol. The van der Waals surface area contributed by atoms with Gasteiger partial charge in [0.05, 0.1) is 21.3 Å². The number of anilines is 1. The first-order chi connectivity index (χ1) is 17.3. The number of likely N-dealkylation sites (tertiary alicyclic amines) is 1. The van der Waals surface area contributed by atoms with Crippen molar-refractivity contribution in [2.24, 2.45) is 5.92 Å². The van der Waals surface area contributed by atoms with Crippen LogP contribution in [0.2, 0.25) is 0 Å². The number of carbonyl (C=O) groups is 2. The summed E-state index contributed by atoms with van der Waals surface area (Å²) in [5.74, 6) is -0.451. The zero-order valence-electron chi connectivity index (χ0n) is 21.1. The SMILES string of the molecule is C[C@H]1CC[C@H](c2ccc3sc([C@@H](C)CN(C)C)nc3c2)N(C(=O)C(=O)Nc2ccn3ccnc3c2)C1. The third kappa shape index (κ3) is 4.99. The Morgan fingerprint density at radius 1 is 1.19 bits per heavy atom. The Hall–Kier alpha value is -3.30. The molecule has 3 aromatic heterocycles. The number of amides is 2. The molecule has 36 heavy (non-hydrogen) atoms. The molecule has 1 aliphatic rings. The molecule has 4 aromatic rings. The number of nitrogens with zero attached hydrogens (tertiary/aromatic N) is 5. The molecular formula is C27H32N6O2S. The second-order valence-corrected chi connectivity index (χ2v) is 11.2. The van der Waals surface area contributed by atoms with E-state index >= 15 is 0 Å². The Morgan fingerprint density at radius 3 is 2.83 bits per heavy atom. The molecule has 0 unspecified atom stereocenters. The van der Waals surface area contributed by atoms with Crippen LogP contribution in [0.25, 0.3) is 15.9 Å². The van der Waals surface area contributed by atoms with Crippen molar-refractivity contribution in [2.45, 2.75) is 38.6 Å². The highest BCUT2D eigenvalue weighted by Crippen LogP contribution is 2.36.